The first-order valence-corrected chi connectivity index (χ1v) is 7.00. The lowest BCUT2D eigenvalue weighted by molar-refractivity contribution is 0.131. The zero-order valence-corrected chi connectivity index (χ0v) is 11.9. The van der Waals surface area contributed by atoms with E-state index < -0.39 is 12.1 Å². The van der Waals surface area contributed by atoms with E-state index in [9.17, 15) is 10.4 Å². The van der Waals surface area contributed by atoms with Gasteiger partial charge in [0.2, 0.25) is 0 Å². The maximum Gasteiger partial charge on any atom is 0.104 e. The molecule has 0 radical (unpaired) electrons. The molecule has 0 spiro atoms. The second-order valence-corrected chi connectivity index (χ2v) is 5.01. The van der Waals surface area contributed by atoms with Crippen molar-refractivity contribution in [2.75, 3.05) is 0 Å². The number of aromatic nitrogens is 2. The second-order valence-electron chi connectivity index (χ2n) is 5.01. The summed E-state index contributed by atoms with van der Waals surface area (Å²) in [6.45, 7) is 0. The first-order chi connectivity index (χ1) is 10.8. The zero-order valence-electron chi connectivity index (χ0n) is 11.9. The molecule has 0 aliphatic carbocycles. The van der Waals surface area contributed by atoms with Crippen molar-refractivity contribution in [1.29, 1.82) is 5.26 Å². The van der Waals surface area contributed by atoms with E-state index in [2.05, 4.69) is 11.1 Å². The van der Waals surface area contributed by atoms with Gasteiger partial charge in [-0.1, -0.05) is 48.5 Å². The molecule has 0 saturated heterocycles. The quantitative estimate of drug-likeness (QED) is 0.803. The highest BCUT2D eigenvalue weighted by molar-refractivity contribution is 5.41. The third-order valence-electron chi connectivity index (χ3n) is 3.69. The van der Waals surface area contributed by atoms with Gasteiger partial charge in [0.1, 0.15) is 6.10 Å². The summed E-state index contributed by atoms with van der Waals surface area (Å²) < 4.78 is 1.83. The van der Waals surface area contributed by atoms with Crippen LogP contribution in [0.2, 0.25) is 0 Å². The van der Waals surface area contributed by atoms with Gasteiger partial charge < -0.3 is 9.67 Å². The van der Waals surface area contributed by atoms with Gasteiger partial charge in [-0.05, 0) is 17.2 Å². The minimum absolute atomic E-state index is 0.402. The summed E-state index contributed by atoms with van der Waals surface area (Å²) in [4.78, 5) is 4.07. The molecule has 3 rings (SSSR count). The predicted octanol–water partition coefficient (Wildman–Crippen LogP) is 3.08. The minimum Gasteiger partial charge on any atom is -0.386 e. The molecule has 0 bridgehead atoms. The number of nitrogens with zero attached hydrogens (tertiary/aromatic N) is 3. The van der Waals surface area contributed by atoms with Crippen LogP contribution in [0.1, 0.15) is 28.8 Å². The molecule has 1 aromatic heterocycles. The highest BCUT2D eigenvalue weighted by atomic mass is 16.3. The average molecular weight is 289 g/mol. The Morgan fingerprint density at radius 2 is 1.77 bits per heavy atom. The molecular formula is C18H15N3O. The lowest BCUT2D eigenvalue weighted by Gasteiger charge is -2.25. The Kier molecular flexibility index (Phi) is 3.99. The van der Waals surface area contributed by atoms with Crippen molar-refractivity contribution in [2.24, 2.45) is 0 Å². The van der Waals surface area contributed by atoms with Crippen LogP contribution < -0.4 is 0 Å². The van der Waals surface area contributed by atoms with Crippen LogP contribution in [-0.4, -0.2) is 14.7 Å². The highest BCUT2D eigenvalue weighted by Crippen LogP contribution is 2.33. The van der Waals surface area contributed by atoms with Gasteiger partial charge in [0.15, 0.2) is 0 Å². The maximum absolute atomic E-state index is 10.9. The molecule has 0 fully saturated rings. The van der Waals surface area contributed by atoms with Crippen molar-refractivity contribution >= 4 is 0 Å². The fourth-order valence-electron chi connectivity index (χ4n) is 2.62. The summed E-state index contributed by atoms with van der Waals surface area (Å²) in [5.41, 5.74) is 2.13. The van der Waals surface area contributed by atoms with Crippen molar-refractivity contribution in [2.45, 2.75) is 12.1 Å². The Morgan fingerprint density at radius 3 is 2.45 bits per heavy atom. The van der Waals surface area contributed by atoms with Gasteiger partial charge in [-0.25, -0.2) is 4.98 Å². The molecule has 2 aromatic carbocycles. The van der Waals surface area contributed by atoms with Gasteiger partial charge >= 0.3 is 0 Å². The molecule has 0 amide bonds. The Labute approximate surface area is 128 Å². The predicted molar refractivity (Wildman–Crippen MR) is 82.9 cm³/mol. The summed E-state index contributed by atoms with van der Waals surface area (Å²) in [5.74, 6) is 0. The molecule has 0 aliphatic rings. The number of imidazole rings is 1. The largest absolute Gasteiger partial charge is 0.386 e. The van der Waals surface area contributed by atoms with Crippen molar-refractivity contribution in [3.05, 3.63) is 90.0 Å². The van der Waals surface area contributed by atoms with E-state index in [-0.39, 0.29) is 0 Å². The zero-order chi connectivity index (χ0) is 15.4. The van der Waals surface area contributed by atoms with Gasteiger partial charge in [-0.15, -0.1) is 0 Å². The van der Waals surface area contributed by atoms with Crippen LogP contribution in [0.4, 0.5) is 0 Å². The van der Waals surface area contributed by atoms with E-state index in [1.165, 1.54) is 0 Å². The molecule has 22 heavy (non-hydrogen) atoms. The summed E-state index contributed by atoms with van der Waals surface area (Å²) in [5, 5.41) is 20.2. The lowest BCUT2D eigenvalue weighted by atomic mass is 9.92. The molecule has 0 aliphatic heterocycles. The number of nitriles is 1. The normalized spacial score (nSPS) is 13.3. The Bertz CT molecular complexity index is 776. The van der Waals surface area contributed by atoms with Gasteiger partial charge in [-0.2, -0.15) is 5.26 Å². The van der Waals surface area contributed by atoms with Gasteiger partial charge in [0, 0.05) is 12.4 Å². The van der Waals surface area contributed by atoms with Crippen LogP contribution in [0, 0.1) is 11.3 Å². The topological polar surface area (TPSA) is 61.8 Å². The standard InChI is InChI=1S/C18H15N3O/c19-12-15-8-4-5-9-16(15)17(21-11-10-20-13-21)18(22)14-6-2-1-3-7-14/h1-11,13,17-18,22H. The smallest absolute Gasteiger partial charge is 0.104 e. The van der Waals surface area contributed by atoms with E-state index in [0.29, 0.717) is 5.56 Å². The van der Waals surface area contributed by atoms with Crippen LogP contribution in [-0.2, 0) is 0 Å². The van der Waals surface area contributed by atoms with Crippen LogP contribution in [0.25, 0.3) is 0 Å². The molecule has 4 heteroatoms. The number of hydrogen-bond donors (Lipinski definition) is 1. The molecule has 108 valence electrons. The Balaban J connectivity index is 2.11. The van der Waals surface area contributed by atoms with E-state index in [1.54, 1.807) is 24.8 Å². The summed E-state index contributed by atoms with van der Waals surface area (Å²) >= 11 is 0. The van der Waals surface area contributed by atoms with Crippen LogP contribution >= 0.6 is 0 Å². The summed E-state index contributed by atoms with van der Waals surface area (Å²) in [6, 6.07) is 18.6. The van der Waals surface area contributed by atoms with E-state index in [4.69, 9.17) is 0 Å². The first kappa shape index (κ1) is 14.1. The summed E-state index contributed by atoms with van der Waals surface area (Å²) in [7, 11) is 0. The summed E-state index contributed by atoms with van der Waals surface area (Å²) in [6.07, 6.45) is 4.35. The van der Waals surface area contributed by atoms with E-state index in [0.717, 1.165) is 11.1 Å². The third-order valence-corrected chi connectivity index (χ3v) is 3.69. The molecule has 1 N–H and O–H groups in total. The van der Waals surface area contributed by atoms with E-state index >= 15 is 0 Å². The number of aliphatic hydroxyl groups is 1. The van der Waals surface area contributed by atoms with Crippen LogP contribution in [0.15, 0.2) is 73.3 Å². The molecule has 4 nitrogen and oxygen atoms in total. The highest BCUT2D eigenvalue weighted by Gasteiger charge is 2.26. The Hall–Kier alpha value is -2.90. The second kappa shape index (κ2) is 6.25. The first-order valence-electron chi connectivity index (χ1n) is 7.00. The number of rotatable bonds is 4. The molecular weight excluding hydrogens is 274 g/mol. The fraction of sp³-hybridized carbons (Fsp3) is 0.111. The number of aliphatic hydroxyl groups excluding tert-OH is 1. The minimum atomic E-state index is -0.773. The fourth-order valence-corrected chi connectivity index (χ4v) is 2.62. The Morgan fingerprint density at radius 1 is 1.05 bits per heavy atom. The molecule has 2 unspecified atom stereocenters. The van der Waals surface area contributed by atoms with Gasteiger partial charge in [0.25, 0.3) is 0 Å². The number of benzene rings is 2. The SMILES string of the molecule is N#Cc1ccccc1C(C(O)c1ccccc1)n1ccnc1. The molecule has 0 saturated carbocycles. The monoisotopic (exact) mass is 289 g/mol. The number of hydrogen-bond acceptors (Lipinski definition) is 3. The average Bonchev–Trinajstić information content (AvgIpc) is 3.10. The van der Waals surface area contributed by atoms with Crippen molar-refractivity contribution in [3.8, 4) is 6.07 Å². The van der Waals surface area contributed by atoms with Crippen LogP contribution in [0.3, 0.4) is 0 Å². The molecule has 2 atom stereocenters. The van der Waals surface area contributed by atoms with Gasteiger partial charge in [-0.3, -0.25) is 0 Å². The van der Waals surface area contributed by atoms with Crippen LogP contribution in [0.5, 0.6) is 0 Å². The van der Waals surface area contributed by atoms with E-state index in [1.807, 2.05) is 53.1 Å². The lowest BCUT2D eigenvalue weighted by Crippen LogP contribution is -2.19. The van der Waals surface area contributed by atoms with Crippen molar-refractivity contribution in [3.63, 3.8) is 0 Å². The maximum atomic E-state index is 10.9. The van der Waals surface area contributed by atoms with Gasteiger partial charge in [0.05, 0.1) is 24.0 Å². The van der Waals surface area contributed by atoms with Crippen molar-refractivity contribution in [1.82, 2.24) is 9.55 Å². The third kappa shape index (κ3) is 2.62. The van der Waals surface area contributed by atoms with Crippen molar-refractivity contribution < 1.29 is 5.11 Å². The molecule has 1 heterocycles. The molecule has 3 aromatic rings.